The van der Waals surface area contributed by atoms with Crippen LogP contribution in [0.1, 0.15) is 47.2 Å². The van der Waals surface area contributed by atoms with E-state index in [0.29, 0.717) is 27.6 Å². The molecule has 0 saturated carbocycles. The van der Waals surface area contributed by atoms with E-state index >= 15 is 17.9 Å². The van der Waals surface area contributed by atoms with Crippen LogP contribution in [0.15, 0.2) is 163 Å². The average Bonchev–Trinajstić information content (AvgIpc) is 3.75. The zero-order chi connectivity index (χ0) is 38.1. The molecule has 3 unspecified atom stereocenters. The molecule has 0 saturated heterocycles. The van der Waals surface area contributed by atoms with Gasteiger partial charge in [-0.25, -0.2) is 8.78 Å². The number of fused-ring (bicyclic) bond motifs is 12. The molecule has 7 aromatic carbocycles. The number of allylic oxidation sites excluding steroid dienone is 4. The van der Waals surface area contributed by atoms with Crippen LogP contribution in [0.4, 0.5) is 8.78 Å². The van der Waals surface area contributed by atoms with Crippen LogP contribution in [-0.4, -0.2) is 0 Å². The van der Waals surface area contributed by atoms with Crippen LogP contribution in [0.2, 0.25) is 0 Å². The fourth-order valence-corrected chi connectivity index (χ4v) is 16.7. The first-order valence-electron chi connectivity index (χ1n) is 18.9. The van der Waals surface area contributed by atoms with Gasteiger partial charge in [-0.2, -0.15) is 0 Å². The van der Waals surface area contributed by atoms with Gasteiger partial charge in [0.05, 0.1) is 16.0 Å². The molecule has 3 atom stereocenters. The molecule has 7 aromatic rings. The van der Waals surface area contributed by atoms with Crippen LogP contribution < -0.4 is 31.8 Å². The summed E-state index contributed by atoms with van der Waals surface area (Å²) >= 11 is 0. The van der Waals surface area contributed by atoms with Gasteiger partial charge in [-0.15, -0.1) is 0 Å². The molecule has 0 fully saturated rings. The summed E-state index contributed by atoms with van der Waals surface area (Å²) in [6.45, 7) is 4.16. The van der Waals surface area contributed by atoms with Crippen molar-refractivity contribution in [2.75, 3.05) is 0 Å². The standard InChI is InChI=1S/C50H34F2O2P2/c1-3-14-38-30(2)35-26-32-25-31-15-4-10-21-44(31)55(53,46-23-12-8-19-42(46)51)48(32)28-40(35)50(38)39-18-7-5-16-33(39)36-27-37-34-17-6-11-22-45(34)56(54,49(37)29-41(36)50)47-24-13-9-20-43(47)52/h3-24,26-29H,25H2,1-2H3. The summed E-state index contributed by atoms with van der Waals surface area (Å²) < 4.78 is 64.0. The molecule has 2 aliphatic carbocycles. The molecular formula is C50H34F2O2P2. The monoisotopic (exact) mass is 766 g/mol. The Morgan fingerprint density at radius 3 is 1.75 bits per heavy atom. The highest BCUT2D eigenvalue weighted by Gasteiger charge is 2.55. The highest BCUT2D eigenvalue weighted by Crippen LogP contribution is 2.65. The first-order valence-corrected chi connectivity index (χ1v) is 22.4. The summed E-state index contributed by atoms with van der Waals surface area (Å²) in [6.07, 6.45) is 4.80. The van der Waals surface area contributed by atoms with Crippen molar-refractivity contribution in [3.8, 4) is 22.3 Å². The van der Waals surface area contributed by atoms with Gasteiger partial charge >= 0.3 is 0 Å². The third-order valence-electron chi connectivity index (χ3n) is 12.6. The molecule has 6 heteroatoms. The van der Waals surface area contributed by atoms with Crippen LogP contribution in [0.5, 0.6) is 0 Å². The molecule has 11 rings (SSSR count). The maximum Gasteiger partial charge on any atom is 0.175 e. The molecule has 0 amide bonds. The Morgan fingerprint density at radius 1 is 0.500 bits per heavy atom. The second-order valence-electron chi connectivity index (χ2n) is 15.2. The van der Waals surface area contributed by atoms with Crippen molar-refractivity contribution in [2.24, 2.45) is 0 Å². The van der Waals surface area contributed by atoms with Crippen molar-refractivity contribution in [1.29, 1.82) is 0 Å². The Bertz CT molecular complexity index is 3070. The first-order chi connectivity index (χ1) is 27.2. The minimum absolute atomic E-state index is 0.196. The summed E-state index contributed by atoms with van der Waals surface area (Å²) in [5.74, 6) is -0.988. The van der Waals surface area contributed by atoms with Crippen LogP contribution in [0.25, 0.3) is 27.8 Å². The fourth-order valence-electron chi connectivity index (χ4n) is 10.4. The smallest absolute Gasteiger partial charge is 0.175 e. The predicted octanol–water partition coefficient (Wildman–Crippen LogP) is 9.81. The lowest BCUT2D eigenvalue weighted by atomic mass is 9.69. The Kier molecular flexibility index (Phi) is 7.02. The van der Waals surface area contributed by atoms with Crippen LogP contribution in [0, 0.1) is 11.6 Å². The molecule has 0 N–H and O–H groups in total. The van der Waals surface area contributed by atoms with Crippen molar-refractivity contribution in [3.63, 3.8) is 0 Å². The molecule has 0 bridgehead atoms. The van der Waals surface area contributed by atoms with Crippen LogP contribution in [0.3, 0.4) is 0 Å². The third-order valence-corrected chi connectivity index (χ3v) is 19.0. The topological polar surface area (TPSA) is 34.1 Å². The number of benzene rings is 7. The summed E-state index contributed by atoms with van der Waals surface area (Å²) in [5.41, 5.74) is 10.9. The molecule has 56 heavy (non-hydrogen) atoms. The minimum Gasteiger partial charge on any atom is -0.309 e. The van der Waals surface area contributed by atoms with E-state index in [4.69, 9.17) is 0 Å². The van der Waals surface area contributed by atoms with E-state index < -0.39 is 31.3 Å². The van der Waals surface area contributed by atoms with Gasteiger partial charge in [0.1, 0.15) is 11.6 Å². The van der Waals surface area contributed by atoms with Gasteiger partial charge in [0, 0.05) is 21.2 Å². The van der Waals surface area contributed by atoms with E-state index in [2.05, 4.69) is 61.5 Å². The third kappa shape index (κ3) is 4.01. The summed E-state index contributed by atoms with van der Waals surface area (Å²) in [4.78, 5) is 0. The molecule has 0 aromatic heterocycles. The van der Waals surface area contributed by atoms with E-state index in [1.165, 1.54) is 12.1 Å². The Hall–Kier alpha value is -5.66. The van der Waals surface area contributed by atoms with E-state index in [0.717, 1.165) is 66.8 Å². The maximum atomic E-state index is 16.1. The van der Waals surface area contributed by atoms with Gasteiger partial charge in [-0.3, -0.25) is 0 Å². The first kappa shape index (κ1) is 33.7. The Morgan fingerprint density at radius 2 is 1.05 bits per heavy atom. The van der Waals surface area contributed by atoms with Gasteiger partial charge in [0.25, 0.3) is 0 Å². The lowest BCUT2D eigenvalue weighted by Crippen LogP contribution is -2.36. The summed E-state index contributed by atoms with van der Waals surface area (Å²) in [5, 5.41) is 2.96. The lowest BCUT2D eigenvalue weighted by molar-refractivity contribution is 0.587. The van der Waals surface area contributed by atoms with Crippen molar-refractivity contribution >= 4 is 51.7 Å². The van der Waals surface area contributed by atoms with Gasteiger partial charge < -0.3 is 9.13 Å². The van der Waals surface area contributed by atoms with Gasteiger partial charge in [0.15, 0.2) is 14.3 Å². The number of hydrogen-bond donors (Lipinski definition) is 0. The highest BCUT2D eigenvalue weighted by molar-refractivity contribution is 7.86. The number of rotatable bonds is 3. The van der Waals surface area contributed by atoms with Gasteiger partial charge in [-0.1, -0.05) is 115 Å². The zero-order valence-electron chi connectivity index (χ0n) is 30.7. The normalized spacial score (nSPS) is 22.1. The average molecular weight is 767 g/mol. The van der Waals surface area contributed by atoms with Crippen LogP contribution in [-0.2, 0) is 21.0 Å². The summed E-state index contributed by atoms with van der Waals surface area (Å²) in [7, 11) is -7.39. The molecule has 1 spiro atoms. The second kappa shape index (κ2) is 11.7. The zero-order valence-corrected chi connectivity index (χ0v) is 32.5. The van der Waals surface area contributed by atoms with Crippen molar-refractivity contribution in [2.45, 2.75) is 25.7 Å². The molecule has 0 radical (unpaired) electrons. The Labute approximate surface area is 324 Å². The number of hydrogen-bond acceptors (Lipinski definition) is 2. The van der Waals surface area contributed by atoms with E-state index in [1.807, 2.05) is 61.5 Å². The molecule has 2 aliphatic heterocycles. The predicted molar refractivity (Wildman–Crippen MR) is 226 cm³/mol. The largest absolute Gasteiger partial charge is 0.309 e. The van der Waals surface area contributed by atoms with E-state index in [1.54, 1.807) is 36.4 Å². The fraction of sp³-hybridized carbons (Fsp3) is 0.0800. The molecule has 4 aliphatic rings. The maximum absolute atomic E-state index is 16.1. The van der Waals surface area contributed by atoms with Crippen molar-refractivity contribution < 1.29 is 17.9 Å². The Balaban J connectivity index is 1.27. The van der Waals surface area contributed by atoms with Crippen LogP contribution >= 0.6 is 14.3 Å². The molecule has 2 heterocycles. The van der Waals surface area contributed by atoms with E-state index in [-0.39, 0.29) is 10.6 Å². The van der Waals surface area contributed by atoms with E-state index in [9.17, 15) is 0 Å². The molecular weight excluding hydrogens is 732 g/mol. The van der Waals surface area contributed by atoms with Crippen molar-refractivity contribution in [1.82, 2.24) is 0 Å². The summed E-state index contributed by atoms with van der Waals surface area (Å²) in [6, 6.07) is 45.3. The molecule has 270 valence electrons. The lowest BCUT2D eigenvalue weighted by Gasteiger charge is -2.35. The molecule has 2 nitrogen and oxygen atoms in total. The SMILES string of the molecule is CC=CC1=C(C)c2cc3c(cc2C12c1ccccc1-c1cc4c(cc12)P(=O)(c1ccccc1F)c1ccccc1-4)P(=O)(c1ccccc1F)c1ccccc1C3. The number of halogens is 2. The minimum atomic E-state index is -3.71. The van der Waals surface area contributed by atoms with Gasteiger partial charge in [-0.05, 0) is 130 Å². The quantitative estimate of drug-likeness (QED) is 0.168. The second-order valence-corrected chi connectivity index (χ2v) is 20.5. The highest BCUT2D eigenvalue weighted by atomic mass is 31.2. The van der Waals surface area contributed by atoms with Gasteiger partial charge in [0.2, 0.25) is 0 Å². The van der Waals surface area contributed by atoms with Crippen molar-refractivity contribution in [3.05, 3.63) is 208 Å².